The Morgan fingerprint density at radius 2 is 2.33 bits per heavy atom. The van der Waals surface area contributed by atoms with Crippen LogP contribution in [-0.2, 0) is 0 Å². The van der Waals surface area contributed by atoms with Crippen molar-refractivity contribution in [1.82, 2.24) is 4.98 Å². The number of carboxylic acids is 1. The Kier molecular flexibility index (Phi) is 3.58. The number of nitro groups is 1. The van der Waals surface area contributed by atoms with Gasteiger partial charge in [-0.2, -0.15) is 0 Å². The molecule has 0 amide bonds. The van der Waals surface area contributed by atoms with Crippen molar-refractivity contribution < 1.29 is 14.8 Å². The third-order valence-electron chi connectivity index (χ3n) is 1.99. The zero-order chi connectivity index (χ0) is 13.1. The van der Waals surface area contributed by atoms with E-state index in [9.17, 15) is 14.9 Å². The Morgan fingerprint density at radius 1 is 1.56 bits per heavy atom. The summed E-state index contributed by atoms with van der Waals surface area (Å²) in [4.78, 5) is 24.7. The molecule has 0 bridgehead atoms. The summed E-state index contributed by atoms with van der Waals surface area (Å²) in [6.45, 7) is 0. The van der Waals surface area contributed by atoms with E-state index in [2.05, 4.69) is 4.98 Å². The van der Waals surface area contributed by atoms with Crippen molar-refractivity contribution >= 4 is 34.8 Å². The first kappa shape index (κ1) is 12.5. The van der Waals surface area contributed by atoms with Gasteiger partial charge >= 0.3 is 11.7 Å². The Labute approximate surface area is 109 Å². The lowest BCUT2D eigenvalue weighted by Crippen LogP contribution is -2.03. The fourth-order valence-electron chi connectivity index (χ4n) is 1.23. The summed E-state index contributed by atoms with van der Waals surface area (Å²) >= 11 is 2.75. The van der Waals surface area contributed by atoms with Gasteiger partial charge in [-0.15, -0.1) is 11.3 Å². The molecule has 6 nitrogen and oxygen atoms in total. The van der Waals surface area contributed by atoms with Gasteiger partial charge < -0.3 is 5.11 Å². The van der Waals surface area contributed by atoms with Crippen LogP contribution in [-0.4, -0.2) is 21.0 Å². The highest BCUT2D eigenvalue weighted by molar-refractivity contribution is 8.01. The molecular formula is C10H6N2O4S2. The Bertz CT molecular complexity index is 598. The predicted molar refractivity (Wildman–Crippen MR) is 66.3 cm³/mol. The quantitative estimate of drug-likeness (QED) is 0.684. The minimum Gasteiger partial charge on any atom is -0.477 e. The fraction of sp³-hybridized carbons (Fsp3) is 0. The monoisotopic (exact) mass is 282 g/mol. The number of thiophene rings is 1. The topological polar surface area (TPSA) is 93.3 Å². The summed E-state index contributed by atoms with van der Waals surface area (Å²) in [5, 5.41) is 21.9. The van der Waals surface area contributed by atoms with Gasteiger partial charge in [0.15, 0.2) is 0 Å². The molecule has 2 aromatic rings. The van der Waals surface area contributed by atoms with E-state index >= 15 is 0 Å². The minimum absolute atomic E-state index is 0.353. The maximum atomic E-state index is 10.9. The van der Waals surface area contributed by atoms with Crippen LogP contribution >= 0.6 is 23.1 Å². The molecule has 1 N–H and O–H groups in total. The standard InChI is InChI=1S/C10H6N2O4S2/c13-10(14)6-4-8(11-5-7(6)12(15)16)18-9-2-1-3-17-9/h1-5H,(H,13,14). The molecule has 0 fully saturated rings. The van der Waals surface area contributed by atoms with Crippen molar-refractivity contribution in [2.24, 2.45) is 0 Å². The smallest absolute Gasteiger partial charge is 0.342 e. The Balaban J connectivity index is 2.37. The minimum atomic E-state index is -1.34. The molecule has 0 aliphatic carbocycles. The number of nitrogens with zero attached hydrogens (tertiary/aromatic N) is 2. The molecule has 2 rings (SSSR count). The van der Waals surface area contributed by atoms with Crippen molar-refractivity contribution in [2.75, 3.05) is 0 Å². The van der Waals surface area contributed by atoms with Crippen LogP contribution in [0.5, 0.6) is 0 Å². The number of hydrogen-bond acceptors (Lipinski definition) is 6. The average molecular weight is 282 g/mol. The molecule has 0 aliphatic heterocycles. The van der Waals surface area contributed by atoms with Crippen molar-refractivity contribution in [2.45, 2.75) is 9.24 Å². The molecule has 0 atom stereocenters. The predicted octanol–water partition coefficient (Wildman–Crippen LogP) is 2.90. The second kappa shape index (κ2) is 5.15. The van der Waals surface area contributed by atoms with Crippen LogP contribution in [0.1, 0.15) is 10.4 Å². The van der Waals surface area contributed by atoms with Gasteiger partial charge in [-0.1, -0.05) is 17.8 Å². The van der Waals surface area contributed by atoms with Crippen molar-refractivity contribution in [3.05, 3.63) is 45.5 Å². The van der Waals surface area contributed by atoms with Gasteiger partial charge in [-0.3, -0.25) is 10.1 Å². The lowest BCUT2D eigenvalue weighted by molar-refractivity contribution is -0.385. The maximum absolute atomic E-state index is 10.9. The van der Waals surface area contributed by atoms with Gasteiger partial charge in [-0.25, -0.2) is 9.78 Å². The largest absolute Gasteiger partial charge is 0.477 e. The molecule has 8 heteroatoms. The van der Waals surface area contributed by atoms with E-state index in [-0.39, 0.29) is 5.56 Å². The lowest BCUT2D eigenvalue weighted by atomic mass is 10.2. The molecule has 0 saturated heterocycles. The number of aromatic carboxylic acids is 1. The van der Waals surface area contributed by atoms with E-state index in [0.29, 0.717) is 5.03 Å². The van der Waals surface area contributed by atoms with Crippen molar-refractivity contribution in [3.8, 4) is 0 Å². The van der Waals surface area contributed by atoms with Crippen LogP contribution in [0.2, 0.25) is 0 Å². The van der Waals surface area contributed by atoms with Gasteiger partial charge in [0.05, 0.1) is 9.13 Å². The molecule has 0 aromatic carbocycles. The molecule has 0 unspecified atom stereocenters. The second-order valence-corrected chi connectivity index (χ2v) is 5.40. The van der Waals surface area contributed by atoms with Crippen LogP contribution in [0.4, 0.5) is 5.69 Å². The first-order chi connectivity index (χ1) is 8.58. The molecule has 2 aromatic heterocycles. The molecule has 2 heterocycles. The molecule has 0 saturated carbocycles. The number of aromatic nitrogens is 1. The molecule has 18 heavy (non-hydrogen) atoms. The zero-order valence-corrected chi connectivity index (χ0v) is 10.4. The van der Waals surface area contributed by atoms with Crippen LogP contribution in [0.25, 0.3) is 0 Å². The summed E-state index contributed by atoms with van der Waals surface area (Å²) in [5.74, 6) is -1.34. The highest BCUT2D eigenvalue weighted by Crippen LogP contribution is 2.31. The van der Waals surface area contributed by atoms with Gasteiger partial charge in [-0.05, 0) is 17.5 Å². The van der Waals surface area contributed by atoms with E-state index in [4.69, 9.17) is 5.11 Å². The summed E-state index contributed by atoms with van der Waals surface area (Å²) < 4.78 is 0.938. The molecule has 0 radical (unpaired) electrons. The molecule has 0 spiro atoms. The first-order valence-corrected chi connectivity index (χ1v) is 6.36. The van der Waals surface area contributed by atoms with E-state index < -0.39 is 16.6 Å². The van der Waals surface area contributed by atoms with Gasteiger partial charge in [0.2, 0.25) is 0 Å². The van der Waals surface area contributed by atoms with Gasteiger partial charge in [0.25, 0.3) is 0 Å². The molecular weight excluding hydrogens is 276 g/mol. The van der Waals surface area contributed by atoms with Gasteiger partial charge in [0.1, 0.15) is 16.8 Å². The molecule has 0 aliphatic rings. The lowest BCUT2D eigenvalue weighted by Gasteiger charge is -2.01. The summed E-state index contributed by atoms with van der Waals surface area (Å²) in [6.07, 6.45) is 0.972. The molecule has 92 valence electrons. The third kappa shape index (κ3) is 2.66. The summed E-state index contributed by atoms with van der Waals surface area (Å²) in [6, 6.07) is 4.93. The fourth-order valence-corrected chi connectivity index (χ4v) is 2.92. The normalized spacial score (nSPS) is 10.2. The highest BCUT2D eigenvalue weighted by atomic mass is 32.2. The number of carbonyl (C=O) groups is 1. The third-order valence-corrected chi connectivity index (χ3v) is 3.96. The van der Waals surface area contributed by atoms with E-state index in [0.717, 1.165) is 10.4 Å². The van der Waals surface area contributed by atoms with Crippen LogP contribution in [0.15, 0.2) is 39.0 Å². The van der Waals surface area contributed by atoms with E-state index in [1.807, 2.05) is 17.5 Å². The number of hydrogen-bond donors (Lipinski definition) is 1. The van der Waals surface area contributed by atoms with Crippen molar-refractivity contribution in [3.63, 3.8) is 0 Å². The highest BCUT2D eigenvalue weighted by Gasteiger charge is 2.21. The Hall–Kier alpha value is -1.93. The SMILES string of the molecule is O=C(O)c1cc(Sc2cccs2)ncc1[N+](=O)[O-]. The number of carboxylic acid groups (broad SMARTS) is 1. The first-order valence-electron chi connectivity index (χ1n) is 4.67. The van der Waals surface area contributed by atoms with E-state index in [1.54, 1.807) is 0 Å². The average Bonchev–Trinajstić information content (AvgIpc) is 2.81. The number of rotatable bonds is 4. The van der Waals surface area contributed by atoms with Crippen molar-refractivity contribution in [1.29, 1.82) is 0 Å². The van der Waals surface area contributed by atoms with Crippen LogP contribution < -0.4 is 0 Å². The summed E-state index contributed by atoms with van der Waals surface area (Å²) in [7, 11) is 0. The maximum Gasteiger partial charge on any atom is 0.342 e. The van der Waals surface area contributed by atoms with E-state index in [1.165, 1.54) is 29.2 Å². The van der Waals surface area contributed by atoms with Crippen LogP contribution in [0.3, 0.4) is 0 Å². The second-order valence-electron chi connectivity index (χ2n) is 3.14. The number of pyridine rings is 1. The zero-order valence-electron chi connectivity index (χ0n) is 8.77. The Morgan fingerprint density at radius 3 is 2.89 bits per heavy atom. The van der Waals surface area contributed by atoms with Crippen LogP contribution in [0, 0.1) is 10.1 Å². The summed E-state index contributed by atoms with van der Waals surface area (Å²) in [5.41, 5.74) is -0.855. The van der Waals surface area contributed by atoms with Gasteiger partial charge in [0, 0.05) is 0 Å².